The van der Waals surface area contributed by atoms with Crippen LogP contribution in [-0.2, 0) is 19.1 Å². The molecule has 0 fully saturated rings. The highest BCUT2D eigenvalue weighted by atomic mass is 16.6. The van der Waals surface area contributed by atoms with Gasteiger partial charge in [0.15, 0.2) is 6.04 Å². The molecule has 8 nitrogen and oxygen atoms in total. The normalized spacial score (nSPS) is 14.9. The number of aliphatic hydroxyl groups is 1. The van der Waals surface area contributed by atoms with E-state index in [-0.39, 0.29) is 6.42 Å². The van der Waals surface area contributed by atoms with E-state index in [1.54, 1.807) is 20.8 Å². The fourth-order valence-electron chi connectivity index (χ4n) is 2.40. The van der Waals surface area contributed by atoms with Gasteiger partial charge in [0.05, 0.1) is 13.2 Å². The minimum atomic E-state index is -1.50. The number of carbonyl (C=O) groups excluding carboxylic acids is 3. The Labute approximate surface area is 156 Å². The average molecular weight is 374 g/mol. The molecule has 3 N–H and O–H groups in total. The number of hydrogen-bond acceptors (Lipinski definition) is 7. The number of methoxy groups -OCH3 is 1. The van der Waals surface area contributed by atoms with Gasteiger partial charge in [-0.2, -0.15) is 0 Å². The molecular weight excluding hydrogens is 340 g/mol. The first-order valence-corrected chi connectivity index (χ1v) is 9.01. The van der Waals surface area contributed by atoms with Crippen molar-refractivity contribution >= 4 is 18.0 Å². The average Bonchev–Trinajstić information content (AvgIpc) is 2.49. The summed E-state index contributed by atoms with van der Waals surface area (Å²) >= 11 is 0. The van der Waals surface area contributed by atoms with E-state index >= 15 is 0 Å². The van der Waals surface area contributed by atoms with Crippen molar-refractivity contribution in [3.8, 4) is 0 Å². The molecule has 8 heteroatoms. The maximum atomic E-state index is 12.7. The highest BCUT2D eigenvalue weighted by Crippen LogP contribution is 2.17. The summed E-state index contributed by atoms with van der Waals surface area (Å²) in [5, 5.41) is 9.95. The summed E-state index contributed by atoms with van der Waals surface area (Å²) in [5.74, 6) is -1.58. The van der Waals surface area contributed by atoms with Gasteiger partial charge in [0.2, 0.25) is 5.91 Å². The Balaban J connectivity index is 5.45. The number of imide groups is 1. The zero-order valence-electron chi connectivity index (χ0n) is 16.8. The van der Waals surface area contributed by atoms with Crippen LogP contribution < -0.4 is 5.73 Å². The van der Waals surface area contributed by atoms with Gasteiger partial charge in [-0.3, -0.25) is 4.79 Å². The third-order valence-electron chi connectivity index (χ3n) is 3.65. The first-order valence-electron chi connectivity index (χ1n) is 9.01. The molecule has 26 heavy (non-hydrogen) atoms. The molecule has 0 saturated heterocycles. The number of amides is 2. The lowest BCUT2D eigenvalue weighted by Crippen LogP contribution is -2.56. The summed E-state index contributed by atoms with van der Waals surface area (Å²) in [6.45, 7) is 8.27. The fraction of sp³-hybridized carbons (Fsp3) is 0.833. The van der Waals surface area contributed by atoms with Gasteiger partial charge >= 0.3 is 12.1 Å². The van der Waals surface area contributed by atoms with Crippen LogP contribution in [0.3, 0.4) is 0 Å². The first-order chi connectivity index (χ1) is 11.9. The second-order valence-electron chi connectivity index (χ2n) is 7.41. The number of ether oxygens (including phenoxy) is 2. The molecule has 3 atom stereocenters. The monoisotopic (exact) mass is 374 g/mol. The Bertz CT molecular complexity index is 473. The van der Waals surface area contributed by atoms with E-state index in [2.05, 4.69) is 11.7 Å². The van der Waals surface area contributed by atoms with E-state index in [0.29, 0.717) is 11.3 Å². The number of esters is 1. The molecule has 1 unspecified atom stereocenters. The molecule has 0 aliphatic heterocycles. The Morgan fingerprint density at radius 1 is 1.19 bits per heavy atom. The maximum absolute atomic E-state index is 12.7. The standard InChI is InChI=1S/C18H34N2O6/c1-7-8-9-10-13(19)11-14(22)20(17(24)26-18(3,4)5)15(12(2)21)16(23)25-6/h12-13,15,21H,7-11,19H2,1-6H3/t12-,13?,15+/m1/s1. The molecule has 0 aromatic heterocycles. The second-order valence-corrected chi connectivity index (χ2v) is 7.41. The predicted octanol–water partition coefficient (Wildman–Crippen LogP) is 1.97. The van der Waals surface area contributed by atoms with Crippen molar-refractivity contribution < 1.29 is 29.0 Å². The largest absolute Gasteiger partial charge is 0.467 e. The minimum Gasteiger partial charge on any atom is -0.467 e. The number of rotatable bonds is 9. The topological polar surface area (TPSA) is 119 Å². The van der Waals surface area contributed by atoms with Crippen molar-refractivity contribution in [1.29, 1.82) is 0 Å². The predicted molar refractivity (Wildman–Crippen MR) is 97.3 cm³/mol. The lowest BCUT2D eigenvalue weighted by molar-refractivity contribution is -0.156. The van der Waals surface area contributed by atoms with E-state index in [0.717, 1.165) is 26.4 Å². The molecule has 0 aliphatic rings. The SMILES string of the molecule is CCCCCC(N)CC(=O)N(C(=O)OC(C)(C)C)[C@H](C(=O)OC)[C@@H](C)O. The van der Waals surface area contributed by atoms with Crippen molar-refractivity contribution in [3.05, 3.63) is 0 Å². The van der Waals surface area contributed by atoms with Gasteiger partial charge in [-0.1, -0.05) is 26.2 Å². The van der Waals surface area contributed by atoms with Gasteiger partial charge in [-0.05, 0) is 34.1 Å². The number of aliphatic hydroxyl groups excluding tert-OH is 1. The number of nitrogens with two attached hydrogens (primary N) is 1. The summed E-state index contributed by atoms with van der Waals surface area (Å²) in [6, 6.07) is -1.95. The Hall–Kier alpha value is -1.67. The molecule has 0 saturated carbocycles. The quantitative estimate of drug-likeness (QED) is 0.468. The third-order valence-corrected chi connectivity index (χ3v) is 3.65. The number of carbonyl (C=O) groups is 3. The van der Waals surface area contributed by atoms with Crippen molar-refractivity contribution in [3.63, 3.8) is 0 Å². The van der Waals surface area contributed by atoms with Crippen LogP contribution in [0.5, 0.6) is 0 Å². The summed E-state index contributed by atoms with van der Waals surface area (Å²) in [5.41, 5.74) is 5.11. The first kappa shape index (κ1) is 24.3. The minimum absolute atomic E-state index is 0.136. The maximum Gasteiger partial charge on any atom is 0.417 e. The molecule has 0 aromatic carbocycles. The van der Waals surface area contributed by atoms with Gasteiger partial charge < -0.3 is 20.3 Å². The van der Waals surface area contributed by atoms with Crippen LogP contribution in [0.4, 0.5) is 4.79 Å². The van der Waals surface area contributed by atoms with Crippen LogP contribution in [0.2, 0.25) is 0 Å². The molecular formula is C18H34N2O6. The van der Waals surface area contributed by atoms with Crippen LogP contribution in [0, 0.1) is 0 Å². The van der Waals surface area contributed by atoms with Gasteiger partial charge in [-0.15, -0.1) is 0 Å². The fourth-order valence-corrected chi connectivity index (χ4v) is 2.40. The Morgan fingerprint density at radius 3 is 2.19 bits per heavy atom. The van der Waals surface area contributed by atoms with E-state index in [4.69, 9.17) is 10.5 Å². The van der Waals surface area contributed by atoms with Crippen LogP contribution in [-0.4, -0.2) is 58.9 Å². The Kier molecular flexibility index (Phi) is 10.4. The van der Waals surface area contributed by atoms with Crippen LogP contribution in [0.15, 0.2) is 0 Å². The molecule has 0 bridgehead atoms. The Morgan fingerprint density at radius 2 is 1.77 bits per heavy atom. The third kappa shape index (κ3) is 8.62. The van der Waals surface area contributed by atoms with Crippen molar-refractivity contribution in [2.75, 3.05) is 7.11 Å². The summed E-state index contributed by atoms with van der Waals surface area (Å²) < 4.78 is 9.87. The highest BCUT2D eigenvalue weighted by molar-refractivity contribution is 5.97. The van der Waals surface area contributed by atoms with Crippen LogP contribution in [0.25, 0.3) is 0 Å². The molecule has 0 spiro atoms. The number of nitrogens with zero attached hydrogens (tertiary/aromatic N) is 1. The molecule has 0 aromatic rings. The van der Waals surface area contributed by atoms with E-state index in [1.807, 2.05) is 0 Å². The van der Waals surface area contributed by atoms with Gasteiger partial charge in [0.1, 0.15) is 5.60 Å². The van der Waals surface area contributed by atoms with Crippen LogP contribution >= 0.6 is 0 Å². The molecule has 0 aliphatic carbocycles. The zero-order valence-corrected chi connectivity index (χ0v) is 16.8. The number of hydrogen-bond donors (Lipinski definition) is 2. The van der Waals surface area contributed by atoms with Crippen molar-refractivity contribution in [1.82, 2.24) is 4.90 Å². The lowest BCUT2D eigenvalue weighted by atomic mass is 10.0. The summed E-state index contributed by atoms with van der Waals surface area (Å²) in [6.07, 6.45) is 1.04. The number of unbranched alkanes of at least 4 members (excludes halogenated alkanes) is 2. The zero-order chi connectivity index (χ0) is 20.5. The molecule has 2 amide bonds. The van der Waals surface area contributed by atoms with Gasteiger partial charge in [0.25, 0.3) is 0 Å². The highest BCUT2D eigenvalue weighted by Gasteiger charge is 2.41. The van der Waals surface area contributed by atoms with Crippen molar-refractivity contribution in [2.45, 2.75) is 90.5 Å². The van der Waals surface area contributed by atoms with E-state index in [1.165, 1.54) is 6.92 Å². The molecule has 0 radical (unpaired) electrons. The van der Waals surface area contributed by atoms with Crippen LogP contribution in [0.1, 0.15) is 66.7 Å². The smallest absolute Gasteiger partial charge is 0.417 e. The summed E-state index contributed by atoms with van der Waals surface area (Å²) in [7, 11) is 1.12. The van der Waals surface area contributed by atoms with E-state index < -0.39 is 41.8 Å². The van der Waals surface area contributed by atoms with E-state index in [9.17, 15) is 19.5 Å². The second kappa shape index (κ2) is 11.1. The lowest BCUT2D eigenvalue weighted by Gasteiger charge is -2.32. The van der Waals surface area contributed by atoms with Gasteiger partial charge in [0, 0.05) is 12.5 Å². The summed E-state index contributed by atoms with van der Waals surface area (Å²) in [4.78, 5) is 37.9. The molecule has 152 valence electrons. The molecule has 0 heterocycles. The molecule has 0 rings (SSSR count). The van der Waals surface area contributed by atoms with Crippen molar-refractivity contribution in [2.24, 2.45) is 5.73 Å². The van der Waals surface area contributed by atoms with Gasteiger partial charge in [-0.25, -0.2) is 14.5 Å².